The number of carbonyl (C=O) groups excluding carboxylic acids is 1. The van der Waals surface area contributed by atoms with Gasteiger partial charge in [-0.1, -0.05) is 35.6 Å². The standard InChI is InChI=1S/C29H32N4O4S2/c1-4-37-24-11-14-26-27(19-24)38-29(30-26)33(18-17-31(2)3)28(34)22-9-12-25(13-10-22)39(35,36)32-16-15-21-7-5-6-8-23(21)20-32/h5-14,19H,4,15-18,20H2,1-3H3. The van der Waals surface area contributed by atoms with Crippen molar-refractivity contribution >= 4 is 42.6 Å². The van der Waals surface area contributed by atoms with Gasteiger partial charge in [-0.15, -0.1) is 0 Å². The highest BCUT2D eigenvalue weighted by Crippen LogP contribution is 2.32. The van der Waals surface area contributed by atoms with Gasteiger partial charge in [0.2, 0.25) is 10.0 Å². The van der Waals surface area contributed by atoms with Crippen LogP contribution in [0.3, 0.4) is 0 Å². The average Bonchev–Trinajstić information content (AvgIpc) is 3.36. The van der Waals surface area contributed by atoms with E-state index < -0.39 is 10.0 Å². The van der Waals surface area contributed by atoms with E-state index in [0.29, 0.717) is 49.9 Å². The number of thiazole rings is 1. The second-order valence-electron chi connectivity index (χ2n) is 9.70. The molecule has 0 radical (unpaired) electrons. The summed E-state index contributed by atoms with van der Waals surface area (Å²) in [7, 11) is 0.217. The number of amides is 1. The number of nitrogens with zero attached hydrogens (tertiary/aromatic N) is 4. The van der Waals surface area contributed by atoms with Gasteiger partial charge in [0.25, 0.3) is 5.91 Å². The van der Waals surface area contributed by atoms with E-state index >= 15 is 0 Å². The topological polar surface area (TPSA) is 83.0 Å². The summed E-state index contributed by atoms with van der Waals surface area (Å²) in [4.78, 5) is 22.3. The minimum atomic E-state index is -3.69. The number of hydrogen-bond acceptors (Lipinski definition) is 7. The Hall–Kier alpha value is -3.31. The summed E-state index contributed by atoms with van der Waals surface area (Å²) >= 11 is 1.43. The van der Waals surface area contributed by atoms with Gasteiger partial charge in [-0.2, -0.15) is 4.31 Å². The van der Waals surface area contributed by atoms with Gasteiger partial charge >= 0.3 is 0 Å². The third kappa shape index (κ3) is 5.84. The van der Waals surface area contributed by atoms with Crippen LogP contribution in [0.4, 0.5) is 5.13 Å². The minimum Gasteiger partial charge on any atom is -0.494 e. The first-order valence-electron chi connectivity index (χ1n) is 12.9. The largest absolute Gasteiger partial charge is 0.494 e. The second kappa shape index (κ2) is 11.4. The molecule has 0 atom stereocenters. The highest BCUT2D eigenvalue weighted by Gasteiger charge is 2.29. The lowest BCUT2D eigenvalue weighted by Crippen LogP contribution is -2.37. The first-order valence-corrected chi connectivity index (χ1v) is 15.2. The summed E-state index contributed by atoms with van der Waals surface area (Å²) in [6.45, 7) is 4.38. The molecule has 39 heavy (non-hydrogen) atoms. The van der Waals surface area contributed by atoms with E-state index in [0.717, 1.165) is 21.5 Å². The zero-order chi connectivity index (χ0) is 27.6. The fraction of sp³-hybridized carbons (Fsp3) is 0.310. The molecule has 0 saturated heterocycles. The molecular formula is C29H32N4O4S2. The molecule has 0 saturated carbocycles. The number of rotatable bonds is 9. The molecule has 5 rings (SSSR count). The molecule has 1 amide bonds. The number of ether oxygens (including phenoxy) is 1. The number of sulfonamides is 1. The van der Waals surface area contributed by atoms with Gasteiger partial charge in [0.15, 0.2) is 5.13 Å². The fourth-order valence-corrected chi connectivity index (χ4v) is 7.04. The molecule has 4 aromatic rings. The Morgan fingerprint density at radius 2 is 1.77 bits per heavy atom. The maximum atomic E-state index is 13.7. The highest BCUT2D eigenvalue weighted by atomic mass is 32.2. The van der Waals surface area contributed by atoms with Crippen LogP contribution >= 0.6 is 11.3 Å². The van der Waals surface area contributed by atoms with E-state index in [2.05, 4.69) is 0 Å². The molecule has 0 aliphatic carbocycles. The SMILES string of the molecule is CCOc1ccc2nc(N(CCN(C)C)C(=O)c3ccc(S(=O)(=O)N4CCc5ccccc5C4)cc3)sc2c1. The number of likely N-dealkylation sites (N-methyl/N-ethyl adjacent to an activating group) is 1. The Morgan fingerprint density at radius 3 is 2.49 bits per heavy atom. The molecule has 3 aromatic carbocycles. The van der Waals surface area contributed by atoms with E-state index in [1.54, 1.807) is 17.0 Å². The van der Waals surface area contributed by atoms with Crippen LogP contribution in [-0.4, -0.2) is 68.9 Å². The third-order valence-corrected chi connectivity index (χ3v) is 9.64. The number of hydrogen-bond donors (Lipinski definition) is 0. The number of aromatic nitrogens is 1. The molecule has 8 nitrogen and oxygen atoms in total. The monoisotopic (exact) mass is 564 g/mol. The summed E-state index contributed by atoms with van der Waals surface area (Å²) in [5.41, 5.74) is 3.42. The molecule has 2 heterocycles. The van der Waals surface area contributed by atoms with Crippen LogP contribution in [0.5, 0.6) is 5.75 Å². The predicted molar refractivity (Wildman–Crippen MR) is 155 cm³/mol. The van der Waals surface area contributed by atoms with Gasteiger partial charge in [-0.3, -0.25) is 9.69 Å². The van der Waals surface area contributed by atoms with Crippen LogP contribution in [0.25, 0.3) is 10.2 Å². The van der Waals surface area contributed by atoms with Crippen LogP contribution in [0.2, 0.25) is 0 Å². The number of fused-ring (bicyclic) bond motifs is 2. The van der Waals surface area contributed by atoms with Crippen molar-refractivity contribution in [2.45, 2.75) is 24.8 Å². The summed E-state index contributed by atoms with van der Waals surface area (Å²) in [5.74, 6) is 0.539. The van der Waals surface area contributed by atoms with Gasteiger partial charge in [0, 0.05) is 31.7 Å². The number of carbonyl (C=O) groups is 1. The summed E-state index contributed by atoms with van der Waals surface area (Å²) in [5, 5.41) is 0.592. The summed E-state index contributed by atoms with van der Waals surface area (Å²) in [6.07, 6.45) is 0.682. The number of anilines is 1. The average molecular weight is 565 g/mol. The quantitative estimate of drug-likeness (QED) is 0.294. The first-order chi connectivity index (χ1) is 18.8. The maximum absolute atomic E-state index is 13.7. The molecule has 0 spiro atoms. The summed E-state index contributed by atoms with van der Waals surface area (Å²) < 4.78 is 34.8. The molecule has 0 N–H and O–H groups in total. The van der Waals surface area contributed by atoms with Gasteiger partial charge in [0.1, 0.15) is 5.75 Å². The van der Waals surface area contributed by atoms with Crippen molar-refractivity contribution < 1.29 is 17.9 Å². The molecule has 0 unspecified atom stereocenters. The molecule has 204 valence electrons. The van der Waals surface area contributed by atoms with Crippen LogP contribution < -0.4 is 9.64 Å². The maximum Gasteiger partial charge on any atom is 0.260 e. The minimum absolute atomic E-state index is 0.182. The molecule has 1 aliphatic rings. The Morgan fingerprint density at radius 1 is 1.03 bits per heavy atom. The van der Waals surface area contributed by atoms with Crippen LogP contribution in [-0.2, 0) is 23.0 Å². The van der Waals surface area contributed by atoms with E-state index in [-0.39, 0.29) is 10.8 Å². The van der Waals surface area contributed by atoms with Crippen molar-refractivity contribution in [3.8, 4) is 5.75 Å². The van der Waals surface area contributed by atoms with Gasteiger partial charge in [0.05, 0.1) is 21.7 Å². The first kappa shape index (κ1) is 27.3. The second-order valence-corrected chi connectivity index (χ2v) is 12.6. The third-order valence-electron chi connectivity index (χ3n) is 6.74. The smallest absolute Gasteiger partial charge is 0.260 e. The molecular weight excluding hydrogens is 532 g/mol. The normalized spacial score (nSPS) is 13.9. The predicted octanol–water partition coefficient (Wildman–Crippen LogP) is 4.65. The van der Waals surface area contributed by atoms with E-state index in [1.807, 2.05) is 68.4 Å². The van der Waals surface area contributed by atoms with Gasteiger partial charge in [-0.05, 0) is 81.0 Å². The highest BCUT2D eigenvalue weighted by molar-refractivity contribution is 7.89. The molecule has 10 heteroatoms. The molecule has 0 bridgehead atoms. The van der Waals surface area contributed by atoms with Gasteiger partial charge < -0.3 is 9.64 Å². The fourth-order valence-electron chi connectivity index (χ4n) is 4.60. The lowest BCUT2D eigenvalue weighted by atomic mass is 10.0. The van der Waals surface area contributed by atoms with Crippen molar-refractivity contribution in [2.75, 3.05) is 45.2 Å². The van der Waals surface area contributed by atoms with E-state index in [1.165, 1.54) is 33.3 Å². The van der Waals surface area contributed by atoms with Crippen molar-refractivity contribution in [3.05, 3.63) is 83.4 Å². The van der Waals surface area contributed by atoms with Crippen LogP contribution in [0.15, 0.2) is 71.6 Å². The summed E-state index contributed by atoms with van der Waals surface area (Å²) in [6, 6.07) is 19.9. The lowest BCUT2D eigenvalue weighted by molar-refractivity contribution is 0.0985. The van der Waals surface area contributed by atoms with Crippen molar-refractivity contribution in [1.82, 2.24) is 14.2 Å². The lowest BCUT2D eigenvalue weighted by Gasteiger charge is -2.28. The van der Waals surface area contributed by atoms with Crippen molar-refractivity contribution in [3.63, 3.8) is 0 Å². The molecule has 1 aromatic heterocycles. The Labute approximate surface area is 233 Å². The molecule has 0 fully saturated rings. The Balaban J connectivity index is 1.39. The van der Waals surface area contributed by atoms with Crippen molar-refractivity contribution in [2.24, 2.45) is 0 Å². The molecule has 1 aliphatic heterocycles. The Kier molecular flexibility index (Phi) is 7.99. The van der Waals surface area contributed by atoms with Gasteiger partial charge in [-0.25, -0.2) is 13.4 Å². The van der Waals surface area contributed by atoms with E-state index in [4.69, 9.17) is 9.72 Å². The van der Waals surface area contributed by atoms with Crippen LogP contribution in [0, 0.1) is 0 Å². The Bertz CT molecular complexity index is 1580. The number of benzene rings is 3. The zero-order valence-corrected chi connectivity index (χ0v) is 24.0. The van der Waals surface area contributed by atoms with Crippen molar-refractivity contribution in [1.29, 1.82) is 0 Å². The zero-order valence-electron chi connectivity index (χ0n) is 22.3. The van der Waals surface area contributed by atoms with E-state index in [9.17, 15) is 13.2 Å². The van der Waals surface area contributed by atoms with Crippen LogP contribution in [0.1, 0.15) is 28.4 Å².